The molecule has 0 saturated carbocycles. The lowest BCUT2D eigenvalue weighted by atomic mass is 9.91. The van der Waals surface area contributed by atoms with E-state index in [0.29, 0.717) is 18.4 Å². The summed E-state index contributed by atoms with van der Waals surface area (Å²) in [6.45, 7) is 2.99. The summed E-state index contributed by atoms with van der Waals surface area (Å²) in [5.41, 5.74) is 0. The van der Waals surface area contributed by atoms with Crippen molar-refractivity contribution in [2.45, 2.75) is 6.92 Å². The molecule has 0 radical (unpaired) electrons. The first-order chi connectivity index (χ1) is 7.55. The van der Waals surface area contributed by atoms with Gasteiger partial charge in [0.25, 0.3) is 0 Å². The number of hydroxylamine groups is 1. The van der Waals surface area contributed by atoms with Gasteiger partial charge in [-0.25, -0.2) is 2.97 Å². The molecule has 92 valence electrons. The number of allylic oxidation sites excluding steroid dienone is 3. The Morgan fingerprint density at radius 2 is 2.19 bits per heavy atom. The monoisotopic (exact) mass is 340 g/mol. The first-order valence-corrected chi connectivity index (χ1v) is 6.99. The minimum Gasteiger partial charge on any atom is -0.602 e. The maximum Gasteiger partial charge on any atom is 0.439 e. The first-order valence-electron chi connectivity index (χ1n) is 5.14. The molecule has 0 fully saturated rings. The molecule has 0 bridgehead atoms. The summed E-state index contributed by atoms with van der Waals surface area (Å²) in [6, 6.07) is 0. The summed E-state index contributed by atoms with van der Waals surface area (Å²) in [4.78, 5) is 0. The van der Waals surface area contributed by atoms with Crippen LogP contribution >= 0.6 is 21.5 Å². The molecule has 0 aliphatic heterocycles. The van der Waals surface area contributed by atoms with Gasteiger partial charge in [-0.3, -0.25) is 0 Å². The topological polar surface area (TPSA) is 75.4 Å². The third-order valence-corrected chi connectivity index (χ3v) is 3.68. The highest BCUT2D eigenvalue weighted by molar-refractivity contribution is 14.1. The molecule has 3 atom stereocenters. The van der Waals surface area contributed by atoms with Crippen molar-refractivity contribution in [1.82, 2.24) is 0 Å². The predicted octanol–water partition coefficient (Wildman–Crippen LogP) is 1.80. The van der Waals surface area contributed by atoms with E-state index >= 15 is 0 Å². The van der Waals surface area contributed by atoms with Crippen LogP contribution in [0, 0.1) is 17.0 Å². The van der Waals surface area contributed by atoms with Gasteiger partial charge >= 0.3 is 21.5 Å². The summed E-state index contributed by atoms with van der Waals surface area (Å²) in [6.07, 6.45) is 8.22. The summed E-state index contributed by atoms with van der Waals surface area (Å²) >= 11 is -1.78. The summed E-state index contributed by atoms with van der Waals surface area (Å²) in [5, 5.41) is 11.1. The number of hydrogen-bond donors (Lipinski definition) is 1. The van der Waals surface area contributed by atoms with Crippen molar-refractivity contribution >= 4 is 21.5 Å². The van der Waals surface area contributed by atoms with E-state index in [4.69, 9.17) is 10.6 Å². The van der Waals surface area contributed by atoms with Crippen molar-refractivity contribution in [3.63, 3.8) is 0 Å². The van der Waals surface area contributed by atoms with E-state index in [9.17, 15) is 8.28 Å². The minimum absolute atomic E-state index is 0.0530. The molecular formula is C10H17IN2O3. The van der Waals surface area contributed by atoms with Gasteiger partial charge in [0, 0.05) is 5.92 Å². The fourth-order valence-electron chi connectivity index (χ4n) is 1.41. The van der Waals surface area contributed by atoms with E-state index < -0.39 is 24.4 Å². The Labute approximate surface area is 106 Å². The summed E-state index contributed by atoms with van der Waals surface area (Å²) in [7, 11) is 0. The van der Waals surface area contributed by atoms with Crippen molar-refractivity contribution < 1.29 is 10.8 Å². The molecule has 1 aliphatic rings. The molecular weight excluding hydrogens is 323 g/mol. The lowest BCUT2D eigenvalue weighted by Crippen LogP contribution is -2.41. The molecule has 2 N–H and O–H groups in total. The standard InChI is InChI=1S/C10H17IN2O3/c1-9-4-2-3-5-10(9)8-16-7-6-13(12,15)11-14/h2-5,9-10H,6-8,12H2,1H3. The lowest BCUT2D eigenvalue weighted by Gasteiger charge is -2.27. The van der Waals surface area contributed by atoms with Crippen molar-refractivity contribution in [2.24, 2.45) is 17.7 Å². The molecule has 5 nitrogen and oxygen atoms in total. The largest absolute Gasteiger partial charge is 0.602 e. The SMILES string of the molecule is CC1C=CC=CC1COCC[N+](N)([O-])I=O. The van der Waals surface area contributed by atoms with Gasteiger partial charge in [0.1, 0.15) is 6.54 Å². The van der Waals surface area contributed by atoms with Gasteiger partial charge in [-0.1, -0.05) is 31.2 Å². The normalized spacial score (nSPS) is 27.9. The maximum atomic E-state index is 11.1. The quantitative estimate of drug-likeness (QED) is 0.263. The highest BCUT2D eigenvalue weighted by Crippen LogP contribution is 2.19. The van der Waals surface area contributed by atoms with Crippen LogP contribution in [-0.2, 0) is 7.81 Å². The second-order valence-corrected chi connectivity index (χ2v) is 5.89. The Bertz CT molecular complexity index is 292. The van der Waals surface area contributed by atoms with Gasteiger partial charge < -0.3 is 9.94 Å². The van der Waals surface area contributed by atoms with E-state index in [1.165, 1.54) is 0 Å². The highest BCUT2D eigenvalue weighted by atomic mass is 127. The Hall–Kier alpha value is -0.150. The summed E-state index contributed by atoms with van der Waals surface area (Å²) < 4.78 is 14.7. The van der Waals surface area contributed by atoms with Crippen LogP contribution in [0.5, 0.6) is 0 Å². The van der Waals surface area contributed by atoms with Gasteiger partial charge in [-0.05, 0) is 5.92 Å². The average molecular weight is 340 g/mol. The van der Waals surface area contributed by atoms with Crippen LogP contribution in [-0.4, -0.2) is 22.7 Å². The van der Waals surface area contributed by atoms with E-state index in [1.54, 1.807) is 0 Å². The Balaban J connectivity index is 2.19. The fraction of sp³-hybridized carbons (Fsp3) is 0.600. The van der Waals surface area contributed by atoms with Crippen LogP contribution in [0.25, 0.3) is 0 Å². The molecule has 1 rings (SSSR count). The third kappa shape index (κ3) is 4.79. The van der Waals surface area contributed by atoms with E-state index in [0.717, 1.165) is 0 Å². The van der Waals surface area contributed by atoms with E-state index in [-0.39, 0.29) is 13.2 Å². The van der Waals surface area contributed by atoms with Crippen molar-refractivity contribution in [3.8, 4) is 0 Å². The van der Waals surface area contributed by atoms with Crippen molar-refractivity contribution in [2.75, 3.05) is 19.8 Å². The molecule has 0 spiro atoms. The van der Waals surface area contributed by atoms with Gasteiger partial charge in [-0.15, -0.1) is 0 Å². The number of hydrogen-bond acceptors (Lipinski definition) is 4. The number of rotatable bonds is 6. The Kier molecular flexibility index (Phi) is 5.70. The van der Waals surface area contributed by atoms with Crippen molar-refractivity contribution in [3.05, 3.63) is 29.5 Å². The molecule has 0 saturated heterocycles. The van der Waals surface area contributed by atoms with Gasteiger partial charge in [-0.2, -0.15) is 8.91 Å². The molecule has 1 aliphatic carbocycles. The van der Waals surface area contributed by atoms with Gasteiger partial charge in [0.05, 0.1) is 13.2 Å². The fourth-order valence-corrected chi connectivity index (χ4v) is 1.81. The van der Waals surface area contributed by atoms with Crippen molar-refractivity contribution in [1.29, 1.82) is 0 Å². The number of quaternary nitrogens is 1. The van der Waals surface area contributed by atoms with Gasteiger partial charge in [0.2, 0.25) is 0 Å². The Morgan fingerprint density at radius 1 is 1.50 bits per heavy atom. The molecule has 0 amide bonds. The minimum atomic E-state index is -1.78. The summed E-state index contributed by atoms with van der Waals surface area (Å²) in [5.74, 6) is 5.97. The second kappa shape index (κ2) is 6.55. The van der Waals surface area contributed by atoms with Crippen LogP contribution in [0.15, 0.2) is 24.3 Å². The average Bonchev–Trinajstić information content (AvgIpc) is 2.27. The molecule has 16 heavy (non-hydrogen) atoms. The second-order valence-electron chi connectivity index (χ2n) is 3.86. The number of ether oxygens (including phenoxy) is 1. The number of halogens is 1. The zero-order valence-corrected chi connectivity index (χ0v) is 11.4. The number of nitrogens with two attached hydrogens (primary N) is 1. The van der Waals surface area contributed by atoms with Crippen LogP contribution < -0.4 is 5.84 Å². The molecule has 0 aromatic heterocycles. The zero-order chi connectivity index (χ0) is 12.0. The first kappa shape index (κ1) is 13.9. The lowest BCUT2D eigenvalue weighted by molar-refractivity contribution is -0.712. The molecule has 0 aromatic carbocycles. The van der Waals surface area contributed by atoms with Crippen LogP contribution in [0.3, 0.4) is 0 Å². The molecule has 3 unspecified atom stereocenters. The van der Waals surface area contributed by atoms with Crippen LogP contribution in [0.2, 0.25) is 0 Å². The van der Waals surface area contributed by atoms with E-state index in [1.807, 2.05) is 12.2 Å². The predicted molar refractivity (Wildman–Crippen MR) is 69.1 cm³/mol. The molecule has 0 heterocycles. The zero-order valence-electron chi connectivity index (χ0n) is 9.21. The molecule has 0 aromatic rings. The van der Waals surface area contributed by atoms with E-state index in [2.05, 4.69) is 19.1 Å². The van der Waals surface area contributed by atoms with Crippen LogP contribution in [0.4, 0.5) is 0 Å². The smallest absolute Gasteiger partial charge is 0.439 e. The molecule has 6 heteroatoms. The third-order valence-electron chi connectivity index (χ3n) is 2.53. The van der Waals surface area contributed by atoms with Crippen LogP contribution in [0.1, 0.15) is 6.92 Å². The maximum absolute atomic E-state index is 11.1. The Morgan fingerprint density at radius 3 is 2.81 bits per heavy atom. The number of nitrogens with zero attached hydrogens (tertiary/aromatic N) is 1. The van der Waals surface area contributed by atoms with Gasteiger partial charge in [0.15, 0.2) is 0 Å². The highest BCUT2D eigenvalue weighted by Gasteiger charge is 2.15.